The van der Waals surface area contributed by atoms with Crippen molar-refractivity contribution in [1.29, 1.82) is 0 Å². The van der Waals surface area contributed by atoms with Gasteiger partial charge in [-0.15, -0.1) is 0 Å². The van der Waals surface area contributed by atoms with Gasteiger partial charge < -0.3 is 9.26 Å². The molecule has 0 N–H and O–H groups in total. The second-order valence-electron chi connectivity index (χ2n) is 5.48. The SMILES string of the molecule is Cc1ccc(OCc2nc(C(C)(C)C)no2)c(Br)c1. The number of rotatable bonds is 3. The Bertz CT molecular complexity index is 573. The van der Waals surface area contributed by atoms with Crippen LogP contribution in [0, 0.1) is 6.92 Å². The summed E-state index contributed by atoms with van der Waals surface area (Å²) in [6.07, 6.45) is 0. The molecule has 0 fully saturated rings. The number of hydrogen-bond donors (Lipinski definition) is 0. The lowest BCUT2D eigenvalue weighted by Crippen LogP contribution is -2.13. The minimum Gasteiger partial charge on any atom is -0.483 e. The molecule has 0 spiro atoms. The topological polar surface area (TPSA) is 48.2 Å². The smallest absolute Gasteiger partial charge is 0.264 e. The third kappa shape index (κ3) is 3.56. The number of aromatic nitrogens is 2. The third-order valence-corrected chi connectivity index (χ3v) is 3.20. The zero-order valence-corrected chi connectivity index (χ0v) is 13.1. The Morgan fingerprint density at radius 3 is 2.63 bits per heavy atom. The van der Waals surface area contributed by atoms with Crippen molar-refractivity contribution in [3.8, 4) is 5.75 Å². The monoisotopic (exact) mass is 324 g/mol. The summed E-state index contributed by atoms with van der Waals surface area (Å²) in [6.45, 7) is 8.42. The molecule has 102 valence electrons. The van der Waals surface area contributed by atoms with Crippen LogP contribution < -0.4 is 4.74 Å². The Kier molecular flexibility index (Phi) is 3.94. The summed E-state index contributed by atoms with van der Waals surface area (Å²) in [5.41, 5.74) is 1.05. The highest BCUT2D eigenvalue weighted by Gasteiger charge is 2.21. The van der Waals surface area contributed by atoms with Crippen LogP contribution in [0.4, 0.5) is 0 Å². The Morgan fingerprint density at radius 2 is 2.05 bits per heavy atom. The maximum absolute atomic E-state index is 5.66. The van der Waals surface area contributed by atoms with Gasteiger partial charge in [0.05, 0.1) is 4.47 Å². The number of aryl methyl sites for hydroxylation is 1. The van der Waals surface area contributed by atoms with Crippen molar-refractivity contribution in [2.45, 2.75) is 39.7 Å². The zero-order valence-electron chi connectivity index (χ0n) is 11.5. The molecule has 0 aliphatic carbocycles. The molecule has 1 heterocycles. The summed E-state index contributed by atoms with van der Waals surface area (Å²) in [7, 11) is 0. The van der Waals surface area contributed by atoms with E-state index in [1.54, 1.807) is 0 Å². The van der Waals surface area contributed by atoms with E-state index in [1.165, 1.54) is 5.56 Å². The van der Waals surface area contributed by atoms with Crippen molar-refractivity contribution >= 4 is 15.9 Å². The maximum Gasteiger partial charge on any atom is 0.264 e. The minimum absolute atomic E-state index is 0.119. The van der Waals surface area contributed by atoms with Crippen LogP contribution in [-0.2, 0) is 12.0 Å². The van der Waals surface area contributed by atoms with Gasteiger partial charge >= 0.3 is 0 Å². The Labute approximate surface area is 121 Å². The normalized spacial score (nSPS) is 11.6. The second kappa shape index (κ2) is 5.33. The van der Waals surface area contributed by atoms with Crippen LogP contribution in [-0.4, -0.2) is 10.1 Å². The fourth-order valence-electron chi connectivity index (χ4n) is 1.48. The van der Waals surface area contributed by atoms with Crippen LogP contribution in [0.2, 0.25) is 0 Å². The summed E-state index contributed by atoms with van der Waals surface area (Å²) in [6, 6.07) is 5.92. The molecule has 2 aromatic rings. The van der Waals surface area contributed by atoms with Gasteiger partial charge in [0.1, 0.15) is 5.75 Å². The maximum atomic E-state index is 5.66. The minimum atomic E-state index is -0.119. The van der Waals surface area contributed by atoms with Crippen molar-refractivity contribution in [1.82, 2.24) is 10.1 Å². The van der Waals surface area contributed by atoms with Gasteiger partial charge in [0.25, 0.3) is 5.89 Å². The molecule has 0 saturated heterocycles. The standard InChI is InChI=1S/C14H17BrN2O2/c1-9-5-6-11(10(15)7-9)18-8-12-16-13(17-19-12)14(2,3)4/h5-7H,8H2,1-4H3. The summed E-state index contributed by atoms with van der Waals surface area (Å²) < 4.78 is 11.8. The highest BCUT2D eigenvalue weighted by atomic mass is 79.9. The molecule has 0 radical (unpaired) electrons. The lowest BCUT2D eigenvalue weighted by molar-refractivity contribution is 0.240. The Hall–Kier alpha value is -1.36. The lowest BCUT2D eigenvalue weighted by Gasteiger charge is -2.11. The fraction of sp³-hybridized carbons (Fsp3) is 0.429. The molecular formula is C14H17BrN2O2. The summed E-state index contributed by atoms with van der Waals surface area (Å²) in [4.78, 5) is 4.33. The lowest BCUT2D eigenvalue weighted by atomic mass is 9.96. The number of hydrogen-bond acceptors (Lipinski definition) is 4. The second-order valence-corrected chi connectivity index (χ2v) is 6.34. The number of ether oxygens (including phenoxy) is 1. The van der Waals surface area contributed by atoms with Crippen molar-refractivity contribution in [3.05, 3.63) is 40.0 Å². The van der Waals surface area contributed by atoms with E-state index in [9.17, 15) is 0 Å². The Balaban J connectivity index is 2.04. The van der Waals surface area contributed by atoms with E-state index >= 15 is 0 Å². The first-order valence-electron chi connectivity index (χ1n) is 6.08. The van der Waals surface area contributed by atoms with E-state index in [0.717, 1.165) is 10.2 Å². The highest BCUT2D eigenvalue weighted by Crippen LogP contribution is 2.26. The van der Waals surface area contributed by atoms with Gasteiger partial charge in [0.15, 0.2) is 12.4 Å². The van der Waals surface area contributed by atoms with Crippen LogP contribution in [0.5, 0.6) is 5.75 Å². The molecule has 5 heteroatoms. The third-order valence-electron chi connectivity index (χ3n) is 2.58. The molecule has 1 aromatic heterocycles. The molecule has 0 aliphatic rings. The summed E-state index contributed by atoms with van der Waals surface area (Å²) in [5, 5.41) is 3.96. The van der Waals surface area contributed by atoms with Crippen LogP contribution in [0.15, 0.2) is 27.2 Å². The van der Waals surface area contributed by atoms with Crippen LogP contribution in [0.3, 0.4) is 0 Å². The molecule has 0 bridgehead atoms. The first kappa shape index (κ1) is 14.1. The molecule has 1 aromatic carbocycles. The van der Waals surface area contributed by atoms with Crippen LogP contribution in [0.25, 0.3) is 0 Å². The molecular weight excluding hydrogens is 308 g/mol. The number of halogens is 1. The summed E-state index contributed by atoms with van der Waals surface area (Å²) in [5.74, 6) is 1.94. The predicted molar refractivity (Wildman–Crippen MR) is 76.2 cm³/mol. The van der Waals surface area contributed by atoms with Crippen molar-refractivity contribution in [2.75, 3.05) is 0 Å². The Morgan fingerprint density at radius 1 is 1.32 bits per heavy atom. The van der Waals surface area contributed by atoms with E-state index in [1.807, 2.05) is 45.9 Å². The van der Waals surface area contributed by atoms with Gasteiger partial charge in [0.2, 0.25) is 0 Å². The first-order chi connectivity index (χ1) is 8.86. The average molecular weight is 325 g/mol. The number of nitrogens with zero attached hydrogens (tertiary/aromatic N) is 2. The highest BCUT2D eigenvalue weighted by molar-refractivity contribution is 9.10. The molecule has 2 rings (SSSR count). The van der Waals surface area contributed by atoms with Crippen molar-refractivity contribution in [2.24, 2.45) is 0 Å². The van der Waals surface area contributed by atoms with Gasteiger partial charge in [-0.1, -0.05) is 32.0 Å². The molecule has 19 heavy (non-hydrogen) atoms. The van der Waals surface area contributed by atoms with Gasteiger partial charge in [-0.05, 0) is 40.5 Å². The van der Waals surface area contributed by atoms with Crippen molar-refractivity contribution < 1.29 is 9.26 Å². The van der Waals surface area contributed by atoms with Crippen LogP contribution in [0.1, 0.15) is 38.0 Å². The molecule has 0 amide bonds. The van der Waals surface area contributed by atoms with Gasteiger partial charge in [-0.25, -0.2) is 0 Å². The van der Waals surface area contributed by atoms with E-state index in [4.69, 9.17) is 9.26 Å². The van der Waals surface area contributed by atoms with E-state index in [-0.39, 0.29) is 12.0 Å². The quantitative estimate of drug-likeness (QED) is 0.855. The average Bonchev–Trinajstić information content (AvgIpc) is 2.76. The van der Waals surface area contributed by atoms with Gasteiger partial charge in [-0.3, -0.25) is 0 Å². The fourth-order valence-corrected chi connectivity index (χ4v) is 2.09. The zero-order chi connectivity index (χ0) is 14.0. The molecule has 0 atom stereocenters. The molecule has 0 saturated carbocycles. The first-order valence-corrected chi connectivity index (χ1v) is 6.87. The van der Waals surface area contributed by atoms with Gasteiger partial charge in [-0.2, -0.15) is 4.98 Å². The molecule has 0 aliphatic heterocycles. The summed E-state index contributed by atoms with van der Waals surface area (Å²) >= 11 is 3.47. The molecule has 4 nitrogen and oxygen atoms in total. The van der Waals surface area contributed by atoms with Crippen LogP contribution >= 0.6 is 15.9 Å². The van der Waals surface area contributed by atoms with Gasteiger partial charge in [0, 0.05) is 5.41 Å². The molecule has 0 unspecified atom stereocenters. The van der Waals surface area contributed by atoms with E-state index < -0.39 is 0 Å². The van der Waals surface area contributed by atoms with E-state index in [0.29, 0.717) is 11.7 Å². The van der Waals surface area contributed by atoms with E-state index in [2.05, 4.69) is 26.1 Å². The largest absolute Gasteiger partial charge is 0.483 e. The van der Waals surface area contributed by atoms with Crippen molar-refractivity contribution in [3.63, 3.8) is 0 Å². The number of benzene rings is 1. The predicted octanol–water partition coefficient (Wildman–Crippen LogP) is 4.02.